The summed E-state index contributed by atoms with van der Waals surface area (Å²) in [6.45, 7) is 0. The van der Waals surface area contributed by atoms with Crippen LogP contribution < -0.4 is 5.73 Å². The number of rotatable bonds is 1. The molecule has 1 aromatic heterocycles. The van der Waals surface area contributed by atoms with Gasteiger partial charge in [0.05, 0.1) is 0 Å². The van der Waals surface area contributed by atoms with Gasteiger partial charge in [0.25, 0.3) is 0 Å². The standard InChI is InChI=1S/C14H14ClFN2/c15-9-5-10-12(17)7-13(8-3-1-2-4-8)18-14(10)11(16)6-9/h5-8H,1-4H2,(H2,17,18). The number of halogens is 2. The van der Waals surface area contributed by atoms with Crippen LogP contribution in [0.25, 0.3) is 10.9 Å². The first-order chi connectivity index (χ1) is 8.65. The molecular weight excluding hydrogens is 251 g/mol. The Bertz CT molecular complexity index is 606. The van der Waals surface area contributed by atoms with Crippen LogP contribution in [0.4, 0.5) is 10.1 Å². The fraction of sp³-hybridized carbons (Fsp3) is 0.357. The minimum atomic E-state index is -0.399. The van der Waals surface area contributed by atoms with Gasteiger partial charge in [-0.15, -0.1) is 0 Å². The lowest BCUT2D eigenvalue weighted by Gasteiger charge is -2.12. The lowest BCUT2D eigenvalue weighted by Crippen LogP contribution is -2.01. The number of anilines is 1. The monoisotopic (exact) mass is 264 g/mol. The molecule has 0 atom stereocenters. The average molecular weight is 265 g/mol. The maximum absolute atomic E-state index is 13.9. The Balaban J connectivity index is 2.20. The van der Waals surface area contributed by atoms with E-state index in [0.29, 0.717) is 27.5 Å². The third kappa shape index (κ3) is 1.93. The van der Waals surface area contributed by atoms with Gasteiger partial charge in [0, 0.05) is 27.7 Å². The van der Waals surface area contributed by atoms with Crippen molar-refractivity contribution in [3.63, 3.8) is 0 Å². The third-order valence-electron chi connectivity index (χ3n) is 3.66. The summed E-state index contributed by atoms with van der Waals surface area (Å²) in [6.07, 6.45) is 4.67. The number of pyridine rings is 1. The number of benzene rings is 1. The van der Waals surface area contributed by atoms with E-state index in [9.17, 15) is 4.39 Å². The van der Waals surface area contributed by atoms with Gasteiger partial charge in [0.1, 0.15) is 5.52 Å². The van der Waals surface area contributed by atoms with Gasteiger partial charge in [-0.2, -0.15) is 0 Å². The molecule has 1 aliphatic rings. The van der Waals surface area contributed by atoms with E-state index in [1.165, 1.54) is 18.9 Å². The number of hydrogen-bond acceptors (Lipinski definition) is 2. The van der Waals surface area contributed by atoms with E-state index >= 15 is 0 Å². The molecule has 0 radical (unpaired) electrons. The van der Waals surface area contributed by atoms with Gasteiger partial charge >= 0.3 is 0 Å². The second kappa shape index (κ2) is 4.39. The lowest BCUT2D eigenvalue weighted by atomic mass is 10.0. The van der Waals surface area contributed by atoms with E-state index in [4.69, 9.17) is 17.3 Å². The average Bonchev–Trinajstić information content (AvgIpc) is 2.83. The summed E-state index contributed by atoms with van der Waals surface area (Å²) in [4.78, 5) is 4.45. The number of nitrogen functional groups attached to an aromatic ring is 1. The molecule has 2 aromatic rings. The van der Waals surface area contributed by atoms with Crippen molar-refractivity contribution in [3.8, 4) is 0 Å². The van der Waals surface area contributed by atoms with Crippen LogP contribution >= 0.6 is 11.6 Å². The zero-order chi connectivity index (χ0) is 12.7. The van der Waals surface area contributed by atoms with Crippen molar-refractivity contribution >= 4 is 28.2 Å². The summed E-state index contributed by atoms with van der Waals surface area (Å²) in [7, 11) is 0. The predicted octanol–water partition coefficient (Wildman–Crippen LogP) is 4.27. The molecule has 0 spiro atoms. The maximum atomic E-state index is 13.9. The first kappa shape index (κ1) is 11.7. The van der Waals surface area contributed by atoms with Crippen molar-refractivity contribution in [1.29, 1.82) is 0 Å². The molecule has 0 saturated heterocycles. The highest BCUT2D eigenvalue weighted by atomic mass is 35.5. The first-order valence-electron chi connectivity index (χ1n) is 6.20. The van der Waals surface area contributed by atoms with Crippen LogP contribution in [0.1, 0.15) is 37.3 Å². The molecule has 18 heavy (non-hydrogen) atoms. The fourth-order valence-corrected chi connectivity index (χ4v) is 2.93. The molecule has 0 aliphatic heterocycles. The smallest absolute Gasteiger partial charge is 0.150 e. The van der Waals surface area contributed by atoms with E-state index in [1.54, 1.807) is 6.07 Å². The minimum Gasteiger partial charge on any atom is -0.398 e. The molecule has 0 amide bonds. The van der Waals surface area contributed by atoms with Crippen LogP contribution in [-0.4, -0.2) is 4.98 Å². The summed E-state index contributed by atoms with van der Waals surface area (Å²) in [5.74, 6) is 0.0239. The van der Waals surface area contributed by atoms with Crippen LogP contribution in [0.2, 0.25) is 5.02 Å². The van der Waals surface area contributed by atoms with Crippen molar-refractivity contribution in [2.45, 2.75) is 31.6 Å². The van der Waals surface area contributed by atoms with Gasteiger partial charge in [-0.1, -0.05) is 24.4 Å². The Morgan fingerprint density at radius 2 is 1.94 bits per heavy atom. The second-order valence-electron chi connectivity index (χ2n) is 4.90. The quantitative estimate of drug-likeness (QED) is 0.835. The normalized spacial score (nSPS) is 16.6. The van der Waals surface area contributed by atoms with Crippen LogP contribution in [-0.2, 0) is 0 Å². The first-order valence-corrected chi connectivity index (χ1v) is 6.58. The van der Waals surface area contributed by atoms with E-state index < -0.39 is 5.82 Å². The Morgan fingerprint density at radius 3 is 2.67 bits per heavy atom. The van der Waals surface area contributed by atoms with Gasteiger partial charge < -0.3 is 5.73 Å². The fourth-order valence-electron chi connectivity index (χ4n) is 2.73. The van der Waals surface area contributed by atoms with Crippen LogP contribution in [0.15, 0.2) is 18.2 Å². The molecule has 1 heterocycles. The Kier molecular flexibility index (Phi) is 2.86. The molecule has 0 bridgehead atoms. The Labute approximate surface area is 110 Å². The Morgan fingerprint density at radius 1 is 1.22 bits per heavy atom. The summed E-state index contributed by atoms with van der Waals surface area (Å²) < 4.78 is 13.9. The Hall–Kier alpha value is -1.35. The van der Waals surface area contributed by atoms with E-state index in [2.05, 4.69) is 4.98 Å². The van der Waals surface area contributed by atoms with E-state index in [-0.39, 0.29) is 0 Å². The van der Waals surface area contributed by atoms with Gasteiger partial charge in [-0.05, 0) is 31.0 Å². The molecule has 1 saturated carbocycles. The van der Waals surface area contributed by atoms with Gasteiger partial charge in [0.15, 0.2) is 5.82 Å². The highest BCUT2D eigenvalue weighted by molar-refractivity contribution is 6.31. The number of nitrogens with two attached hydrogens (primary N) is 1. The number of fused-ring (bicyclic) bond motifs is 1. The summed E-state index contributed by atoms with van der Waals surface area (Å²) in [5, 5.41) is 0.948. The predicted molar refractivity (Wildman–Crippen MR) is 72.3 cm³/mol. The van der Waals surface area contributed by atoms with E-state index in [1.807, 2.05) is 6.07 Å². The molecule has 2 N–H and O–H groups in total. The van der Waals surface area contributed by atoms with Crippen molar-refractivity contribution in [3.05, 3.63) is 34.7 Å². The highest BCUT2D eigenvalue weighted by Crippen LogP contribution is 2.36. The molecule has 0 unspecified atom stereocenters. The van der Waals surface area contributed by atoms with Crippen LogP contribution in [0, 0.1) is 5.82 Å². The second-order valence-corrected chi connectivity index (χ2v) is 5.34. The van der Waals surface area contributed by atoms with Crippen molar-refractivity contribution in [2.75, 3.05) is 5.73 Å². The highest BCUT2D eigenvalue weighted by Gasteiger charge is 2.20. The molecule has 4 heteroatoms. The largest absolute Gasteiger partial charge is 0.398 e. The van der Waals surface area contributed by atoms with Gasteiger partial charge in [-0.3, -0.25) is 0 Å². The summed E-state index contributed by atoms with van der Waals surface area (Å²) in [5.41, 5.74) is 7.81. The molecule has 2 nitrogen and oxygen atoms in total. The summed E-state index contributed by atoms with van der Waals surface area (Å²) in [6, 6.07) is 4.82. The van der Waals surface area contributed by atoms with Crippen LogP contribution in [0.3, 0.4) is 0 Å². The molecule has 94 valence electrons. The number of nitrogens with zero attached hydrogens (tertiary/aromatic N) is 1. The minimum absolute atomic E-state index is 0.335. The summed E-state index contributed by atoms with van der Waals surface area (Å²) >= 11 is 5.84. The van der Waals surface area contributed by atoms with Crippen molar-refractivity contribution < 1.29 is 4.39 Å². The molecule has 1 fully saturated rings. The van der Waals surface area contributed by atoms with Crippen molar-refractivity contribution in [2.24, 2.45) is 0 Å². The lowest BCUT2D eigenvalue weighted by molar-refractivity contribution is 0.633. The number of hydrogen-bond donors (Lipinski definition) is 1. The molecule has 3 rings (SSSR count). The van der Waals surface area contributed by atoms with Gasteiger partial charge in [0.2, 0.25) is 0 Å². The topological polar surface area (TPSA) is 38.9 Å². The van der Waals surface area contributed by atoms with Crippen LogP contribution in [0.5, 0.6) is 0 Å². The zero-order valence-corrected chi connectivity index (χ0v) is 10.7. The molecule has 1 aromatic carbocycles. The SMILES string of the molecule is Nc1cc(C2CCCC2)nc2c(F)cc(Cl)cc12. The molecular formula is C14H14ClFN2. The van der Waals surface area contributed by atoms with Crippen molar-refractivity contribution in [1.82, 2.24) is 4.98 Å². The van der Waals surface area contributed by atoms with Gasteiger partial charge in [-0.25, -0.2) is 9.37 Å². The molecule has 1 aliphatic carbocycles. The number of aromatic nitrogens is 1. The van der Waals surface area contributed by atoms with E-state index in [0.717, 1.165) is 18.5 Å². The maximum Gasteiger partial charge on any atom is 0.150 e. The third-order valence-corrected chi connectivity index (χ3v) is 3.88. The zero-order valence-electron chi connectivity index (χ0n) is 9.92.